The molecule has 0 aliphatic heterocycles. The number of anilines is 2. The highest BCUT2D eigenvalue weighted by atomic mass is 35.5. The topological polar surface area (TPSA) is 120 Å². The summed E-state index contributed by atoms with van der Waals surface area (Å²) < 4.78 is 10.8. The number of carbonyl (C=O) groups excluding carboxylic acids is 2. The summed E-state index contributed by atoms with van der Waals surface area (Å²) in [4.78, 5) is 33.6. The van der Waals surface area contributed by atoms with Crippen LogP contribution in [0.4, 0.5) is 16.6 Å². The minimum Gasteiger partial charge on any atom is -0.476 e. The predicted octanol–water partition coefficient (Wildman–Crippen LogP) is 3.21. The van der Waals surface area contributed by atoms with E-state index in [2.05, 4.69) is 15.3 Å². The second-order valence-electron chi connectivity index (χ2n) is 7.16. The fourth-order valence-electron chi connectivity index (χ4n) is 2.12. The van der Waals surface area contributed by atoms with Crippen LogP contribution in [0.3, 0.4) is 0 Å². The van der Waals surface area contributed by atoms with Gasteiger partial charge >= 0.3 is 6.09 Å². The number of nitrogen functional groups attached to an aromatic ring is 1. The lowest BCUT2D eigenvalue weighted by molar-refractivity contribution is 0.0277. The average Bonchev–Trinajstić information content (AvgIpc) is 2.59. The summed E-state index contributed by atoms with van der Waals surface area (Å²) in [5.74, 6) is -0.125. The lowest BCUT2D eigenvalue weighted by Gasteiger charge is -2.24. The number of aromatic nitrogens is 2. The van der Waals surface area contributed by atoms with E-state index in [-0.39, 0.29) is 30.8 Å². The number of benzene rings is 1. The van der Waals surface area contributed by atoms with Crippen LogP contribution >= 0.6 is 11.6 Å². The Morgan fingerprint density at radius 1 is 1.24 bits per heavy atom. The van der Waals surface area contributed by atoms with E-state index in [1.807, 2.05) is 0 Å². The molecule has 0 aliphatic carbocycles. The van der Waals surface area contributed by atoms with Gasteiger partial charge < -0.3 is 25.4 Å². The van der Waals surface area contributed by atoms with E-state index >= 15 is 0 Å². The van der Waals surface area contributed by atoms with Crippen molar-refractivity contribution in [2.75, 3.05) is 31.2 Å². The summed E-state index contributed by atoms with van der Waals surface area (Å²) in [6, 6.07) is 7.93. The van der Waals surface area contributed by atoms with Crippen LogP contribution < -0.4 is 15.8 Å². The van der Waals surface area contributed by atoms with Crippen LogP contribution in [0.2, 0.25) is 5.02 Å². The van der Waals surface area contributed by atoms with Crippen LogP contribution in [0.1, 0.15) is 31.1 Å². The highest BCUT2D eigenvalue weighted by Crippen LogP contribution is 2.17. The first-order valence-electron chi connectivity index (χ1n) is 8.82. The Bertz CT molecular complexity index is 885. The zero-order valence-electron chi connectivity index (χ0n) is 16.7. The lowest BCUT2D eigenvalue weighted by atomic mass is 10.2. The van der Waals surface area contributed by atoms with Crippen molar-refractivity contribution in [3.8, 4) is 5.88 Å². The van der Waals surface area contributed by atoms with Gasteiger partial charge in [0.05, 0.1) is 6.54 Å². The smallest absolute Gasteiger partial charge is 0.410 e. The average molecular weight is 422 g/mol. The number of hydrogen-bond donors (Lipinski definition) is 2. The van der Waals surface area contributed by atoms with Crippen molar-refractivity contribution in [2.45, 2.75) is 26.4 Å². The molecule has 0 saturated carbocycles. The van der Waals surface area contributed by atoms with E-state index in [1.54, 1.807) is 46.0 Å². The third kappa shape index (κ3) is 7.46. The number of nitrogens with one attached hydrogen (secondary N) is 1. The van der Waals surface area contributed by atoms with Crippen molar-refractivity contribution in [1.82, 2.24) is 14.9 Å². The molecule has 0 radical (unpaired) electrons. The molecule has 0 bridgehead atoms. The number of halogens is 1. The Hall–Kier alpha value is -3.07. The third-order valence-electron chi connectivity index (χ3n) is 3.43. The van der Waals surface area contributed by atoms with Crippen LogP contribution in [0.5, 0.6) is 5.88 Å². The minimum atomic E-state index is -0.580. The summed E-state index contributed by atoms with van der Waals surface area (Å²) in [6.45, 7) is 5.78. The molecule has 0 saturated heterocycles. The van der Waals surface area contributed by atoms with Crippen LogP contribution in [0, 0.1) is 0 Å². The predicted molar refractivity (Wildman–Crippen MR) is 110 cm³/mol. The van der Waals surface area contributed by atoms with Gasteiger partial charge in [-0.1, -0.05) is 17.7 Å². The zero-order valence-corrected chi connectivity index (χ0v) is 17.5. The number of ether oxygens (including phenoxy) is 2. The standard InChI is InChI=1S/C19H24ClN5O4/c1-19(2,3)29-18(27)25(4)8-9-28-15-11-14(23-17(21)24-15)22-16(26)12-6-5-7-13(20)10-12/h5-7,10-11H,8-9H2,1-4H3,(H3,21,22,23,24,26). The number of nitrogens with zero attached hydrogens (tertiary/aromatic N) is 3. The molecule has 2 amide bonds. The van der Waals surface area contributed by atoms with E-state index in [4.69, 9.17) is 26.8 Å². The summed E-state index contributed by atoms with van der Waals surface area (Å²) in [6.07, 6.45) is -0.460. The first-order valence-corrected chi connectivity index (χ1v) is 9.20. The molecule has 9 nitrogen and oxygen atoms in total. The fourth-order valence-corrected chi connectivity index (χ4v) is 2.31. The molecule has 10 heteroatoms. The van der Waals surface area contributed by atoms with Crippen molar-refractivity contribution in [2.24, 2.45) is 0 Å². The Balaban J connectivity index is 1.95. The molecule has 3 N–H and O–H groups in total. The third-order valence-corrected chi connectivity index (χ3v) is 3.67. The van der Waals surface area contributed by atoms with E-state index in [0.717, 1.165) is 0 Å². The second-order valence-corrected chi connectivity index (χ2v) is 7.60. The molecule has 2 rings (SSSR count). The molecule has 156 valence electrons. The van der Waals surface area contributed by atoms with Gasteiger partial charge in [0.2, 0.25) is 11.8 Å². The van der Waals surface area contributed by atoms with Gasteiger partial charge in [-0.15, -0.1) is 0 Å². The molecule has 0 aliphatic rings. The molecule has 0 unspecified atom stereocenters. The summed E-state index contributed by atoms with van der Waals surface area (Å²) in [7, 11) is 1.60. The van der Waals surface area contributed by atoms with E-state index in [0.29, 0.717) is 10.6 Å². The van der Waals surface area contributed by atoms with Crippen LogP contribution in [0.25, 0.3) is 0 Å². The van der Waals surface area contributed by atoms with Gasteiger partial charge in [-0.25, -0.2) is 4.79 Å². The van der Waals surface area contributed by atoms with Gasteiger partial charge in [-0.05, 0) is 39.0 Å². The van der Waals surface area contributed by atoms with Gasteiger partial charge in [0.15, 0.2) is 0 Å². The SMILES string of the molecule is CN(CCOc1cc(NC(=O)c2cccc(Cl)c2)nc(N)n1)C(=O)OC(C)(C)C. The van der Waals surface area contributed by atoms with Crippen molar-refractivity contribution < 1.29 is 19.1 Å². The van der Waals surface area contributed by atoms with E-state index in [1.165, 1.54) is 17.0 Å². The molecule has 29 heavy (non-hydrogen) atoms. The molecule has 0 fully saturated rings. The highest BCUT2D eigenvalue weighted by Gasteiger charge is 2.19. The first-order chi connectivity index (χ1) is 13.5. The van der Waals surface area contributed by atoms with Gasteiger partial charge in [0, 0.05) is 23.7 Å². The maximum Gasteiger partial charge on any atom is 0.410 e. The largest absolute Gasteiger partial charge is 0.476 e. The Morgan fingerprint density at radius 2 is 1.97 bits per heavy atom. The summed E-state index contributed by atoms with van der Waals surface area (Å²) in [5.41, 5.74) is 5.48. The molecule has 1 aromatic carbocycles. The normalized spacial score (nSPS) is 10.9. The Morgan fingerprint density at radius 3 is 2.62 bits per heavy atom. The molecule has 1 heterocycles. The van der Waals surface area contributed by atoms with Crippen molar-refractivity contribution in [3.05, 3.63) is 40.9 Å². The lowest BCUT2D eigenvalue weighted by Crippen LogP contribution is -2.36. The maximum absolute atomic E-state index is 12.3. The first kappa shape index (κ1) is 22.2. The maximum atomic E-state index is 12.3. The number of rotatable bonds is 6. The van der Waals surface area contributed by atoms with Crippen LogP contribution in [-0.4, -0.2) is 52.7 Å². The van der Waals surface area contributed by atoms with E-state index in [9.17, 15) is 9.59 Å². The monoisotopic (exact) mass is 421 g/mol. The van der Waals surface area contributed by atoms with Gasteiger partial charge in [-0.2, -0.15) is 9.97 Å². The van der Waals surface area contributed by atoms with Crippen molar-refractivity contribution in [1.29, 1.82) is 0 Å². The highest BCUT2D eigenvalue weighted by molar-refractivity contribution is 6.31. The Labute approximate surface area is 174 Å². The molecule has 2 aromatic rings. The van der Waals surface area contributed by atoms with Crippen molar-refractivity contribution >= 4 is 35.4 Å². The molecule has 1 aromatic heterocycles. The number of likely N-dealkylation sites (N-methyl/N-ethyl adjacent to an activating group) is 1. The minimum absolute atomic E-state index is 0.0654. The van der Waals surface area contributed by atoms with E-state index < -0.39 is 17.6 Å². The number of hydrogen-bond acceptors (Lipinski definition) is 7. The van der Waals surface area contributed by atoms with Gasteiger partial charge in [0.25, 0.3) is 5.91 Å². The van der Waals surface area contributed by atoms with Gasteiger partial charge in [-0.3, -0.25) is 4.79 Å². The molecule has 0 spiro atoms. The zero-order chi connectivity index (χ0) is 21.6. The second kappa shape index (κ2) is 9.42. The molecule has 0 atom stereocenters. The number of carbonyl (C=O) groups is 2. The van der Waals surface area contributed by atoms with Crippen LogP contribution in [-0.2, 0) is 4.74 Å². The molecular formula is C19H24ClN5O4. The summed E-state index contributed by atoms with van der Waals surface area (Å²) in [5, 5.41) is 3.06. The van der Waals surface area contributed by atoms with Crippen molar-refractivity contribution in [3.63, 3.8) is 0 Å². The summed E-state index contributed by atoms with van der Waals surface area (Å²) >= 11 is 5.90. The fraction of sp³-hybridized carbons (Fsp3) is 0.368. The molecular weight excluding hydrogens is 398 g/mol. The van der Waals surface area contributed by atoms with Gasteiger partial charge in [0.1, 0.15) is 18.0 Å². The number of nitrogens with two attached hydrogens (primary N) is 1. The Kier molecular flexibility index (Phi) is 7.22. The quantitative estimate of drug-likeness (QED) is 0.734. The van der Waals surface area contributed by atoms with Crippen LogP contribution in [0.15, 0.2) is 30.3 Å². The number of amides is 2.